The van der Waals surface area contributed by atoms with Crippen LogP contribution >= 0.6 is 15.9 Å². The van der Waals surface area contributed by atoms with E-state index in [1.54, 1.807) is 0 Å². The molecule has 0 radical (unpaired) electrons. The summed E-state index contributed by atoms with van der Waals surface area (Å²) in [5.74, 6) is 0.0780. The minimum absolute atomic E-state index is 0.0780. The van der Waals surface area contributed by atoms with Crippen LogP contribution in [0.2, 0.25) is 0 Å². The third-order valence-corrected chi connectivity index (χ3v) is 3.83. The second-order valence-corrected chi connectivity index (χ2v) is 6.81. The normalized spacial score (nSPS) is 17.3. The fourth-order valence-corrected chi connectivity index (χ4v) is 2.86. The van der Waals surface area contributed by atoms with Gasteiger partial charge in [-0.15, -0.1) is 0 Å². The fourth-order valence-electron chi connectivity index (χ4n) is 2.46. The molecule has 2 rings (SSSR count). The first-order valence-electron chi connectivity index (χ1n) is 6.85. The van der Waals surface area contributed by atoms with Crippen LogP contribution in [0.4, 0.5) is 0 Å². The van der Waals surface area contributed by atoms with E-state index >= 15 is 0 Å². The molecule has 0 spiro atoms. The predicted molar refractivity (Wildman–Crippen MR) is 82.8 cm³/mol. The molecule has 1 heterocycles. The number of piperazine rings is 1. The Balaban J connectivity index is 1.92. The smallest absolute Gasteiger partial charge is 0.253 e. The first-order chi connectivity index (χ1) is 9.35. The Morgan fingerprint density at radius 2 is 1.95 bits per heavy atom. The van der Waals surface area contributed by atoms with Crippen molar-refractivity contribution in [2.75, 3.05) is 32.7 Å². The number of β-amino-alcohol motifs (C(OH)–C–C–N with tert-alkyl or cyclic N) is 1. The van der Waals surface area contributed by atoms with Gasteiger partial charge in [-0.05, 0) is 32.0 Å². The van der Waals surface area contributed by atoms with Crippen molar-refractivity contribution in [3.8, 4) is 0 Å². The van der Waals surface area contributed by atoms with E-state index in [0.717, 1.165) is 23.1 Å². The minimum Gasteiger partial charge on any atom is -0.389 e. The second kappa shape index (κ2) is 6.24. The highest BCUT2D eigenvalue weighted by molar-refractivity contribution is 9.10. The van der Waals surface area contributed by atoms with Crippen LogP contribution in [0.15, 0.2) is 28.7 Å². The first-order valence-corrected chi connectivity index (χ1v) is 7.64. The Morgan fingerprint density at radius 1 is 1.30 bits per heavy atom. The number of hydrogen-bond acceptors (Lipinski definition) is 3. The zero-order valence-corrected chi connectivity index (χ0v) is 13.6. The molecule has 1 fully saturated rings. The van der Waals surface area contributed by atoms with Crippen molar-refractivity contribution in [2.24, 2.45) is 0 Å². The molecular weight excluding hydrogens is 320 g/mol. The van der Waals surface area contributed by atoms with E-state index in [4.69, 9.17) is 0 Å². The number of benzene rings is 1. The zero-order valence-electron chi connectivity index (χ0n) is 12.0. The van der Waals surface area contributed by atoms with E-state index in [2.05, 4.69) is 20.8 Å². The Bertz CT molecular complexity index is 477. The van der Waals surface area contributed by atoms with Crippen molar-refractivity contribution < 1.29 is 9.90 Å². The van der Waals surface area contributed by atoms with Gasteiger partial charge in [0, 0.05) is 42.8 Å². The summed E-state index contributed by atoms with van der Waals surface area (Å²) in [6.07, 6.45) is 0. The lowest BCUT2D eigenvalue weighted by Crippen LogP contribution is -2.51. The monoisotopic (exact) mass is 340 g/mol. The molecule has 1 aromatic carbocycles. The summed E-state index contributed by atoms with van der Waals surface area (Å²) >= 11 is 3.39. The van der Waals surface area contributed by atoms with E-state index in [1.165, 1.54) is 0 Å². The Kier molecular flexibility index (Phi) is 4.83. The highest BCUT2D eigenvalue weighted by Gasteiger charge is 2.25. The minimum atomic E-state index is -0.684. The van der Waals surface area contributed by atoms with Gasteiger partial charge in [-0.25, -0.2) is 0 Å². The summed E-state index contributed by atoms with van der Waals surface area (Å²) in [6, 6.07) is 7.49. The van der Waals surface area contributed by atoms with Gasteiger partial charge in [-0.3, -0.25) is 9.69 Å². The lowest BCUT2D eigenvalue weighted by molar-refractivity contribution is 0.0178. The van der Waals surface area contributed by atoms with Crippen LogP contribution in [0.25, 0.3) is 0 Å². The van der Waals surface area contributed by atoms with Gasteiger partial charge in [0.15, 0.2) is 0 Å². The van der Waals surface area contributed by atoms with Crippen LogP contribution in [-0.4, -0.2) is 59.1 Å². The number of nitrogens with zero attached hydrogens (tertiary/aromatic N) is 2. The number of carbonyl (C=O) groups excluding carboxylic acids is 1. The maximum absolute atomic E-state index is 12.4. The average molecular weight is 341 g/mol. The molecule has 20 heavy (non-hydrogen) atoms. The van der Waals surface area contributed by atoms with Gasteiger partial charge in [0.2, 0.25) is 0 Å². The molecule has 1 amide bonds. The molecule has 0 unspecified atom stereocenters. The maximum Gasteiger partial charge on any atom is 0.253 e. The van der Waals surface area contributed by atoms with E-state index in [1.807, 2.05) is 43.0 Å². The fraction of sp³-hybridized carbons (Fsp3) is 0.533. The van der Waals surface area contributed by atoms with Crippen molar-refractivity contribution in [3.05, 3.63) is 34.3 Å². The number of hydrogen-bond donors (Lipinski definition) is 1. The van der Waals surface area contributed by atoms with Crippen molar-refractivity contribution in [1.82, 2.24) is 9.80 Å². The molecule has 5 heteroatoms. The van der Waals surface area contributed by atoms with Crippen LogP contribution in [-0.2, 0) is 0 Å². The molecule has 1 saturated heterocycles. The molecule has 1 aromatic rings. The molecule has 1 aliphatic rings. The van der Waals surface area contributed by atoms with Crippen LogP contribution in [0.1, 0.15) is 24.2 Å². The lowest BCUT2D eigenvalue weighted by atomic mass is 10.1. The van der Waals surface area contributed by atoms with Crippen LogP contribution in [0, 0.1) is 0 Å². The molecule has 0 aliphatic carbocycles. The van der Waals surface area contributed by atoms with E-state index < -0.39 is 5.60 Å². The van der Waals surface area contributed by atoms with Gasteiger partial charge in [0.1, 0.15) is 0 Å². The molecule has 1 N–H and O–H groups in total. The van der Waals surface area contributed by atoms with Gasteiger partial charge < -0.3 is 10.0 Å². The molecule has 4 nitrogen and oxygen atoms in total. The van der Waals surface area contributed by atoms with Crippen molar-refractivity contribution in [2.45, 2.75) is 19.4 Å². The summed E-state index contributed by atoms with van der Waals surface area (Å²) in [6.45, 7) is 7.31. The van der Waals surface area contributed by atoms with Crippen LogP contribution < -0.4 is 0 Å². The van der Waals surface area contributed by atoms with Crippen molar-refractivity contribution in [1.29, 1.82) is 0 Å². The number of amides is 1. The van der Waals surface area contributed by atoms with Crippen LogP contribution in [0.5, 0.6) is 0 Å². The van der Waals surface area contributed by atoms with E-state index in [-0.39, 0.29) is 5.91 Å². The Hall–Kier alpha value is -0.910. The largest absolute Gasteiger partial charge is 0.389 e. The Labute approximate surface area is 128 Å². The Morgan fingerprint density at radius 3 is 2.50 bits per heavy atom. The summed E-state index contributed by atoms with van der Waals surface area (Å²) < 4.78 is 0.920. The third kappa shape index (κ3) is 4.30. The maximum atomic E-state index is 12.4. The number of rotatable bonds is 3. The van der Waals surface area contributed by atoms with Gasteiger partial charge >= 0.3 is 0 Å². The highest BCUT2D eigenvalue weighted by atomic mass is 79.9. The zero-order chi connectivity index (χ0) is 14.8. The summed E-state index contributed by atoms with van der Waals surface area (Å²) in [5, 5.41) is 9.83. The summed E-state index contributed by atoms with van der Waals surface area (Å²) in [7, 11) is 0. The highest BCUT2D eigenvalue weighted by Crippen LogP contribution is 2.15. The van der Waals surface area contributed by atoms with E-state index in [0.29, 0.717) is 19.6 Å². The molecule has 0 bridgehead atoms. The van der Waals surface area contributed by atoms with Gasteiger partial charge in [-0.2, -0.15) is 0 Å². The van der Waals surface area contributed by atoms with Crippen molar-refractivity contribution in [3.63, 3.8) is 0 Å². The topological polar surface area (TPSA) is 43.8 Å². The molecular formula is C15H21BrN2O2. The summed E-state index contributed by atoms with van der Waals surface area (Å²) in [5.41, 5.74) is 0.0338. The first kappa shape index (κ1) is 15.5. The van der Waals surface area contributed by atoms with E-state index in [9.17, 15) is 9.90 Å². The quantitative estimate of drug-likeness (QED) is 0.914. The number of carbonyl (C=O) groups is 1. The number of halogens is 1. The standard InChI is InChI=1S/C15H21BrN2O2/c1-15(2,20)11-17-6-8-18(9-7-17)14(19)12-4-3-5-13(16)10-12/h3-5,10,20H,6-9,11H2,1-2H3. The average Bonchev–Trinajstić information content (AvgIpc) is 2.37. The summed E-state index contributed by atoms with van der Waals surface area (Å²) in [4.78, 5) is 16.5. The predicted octanol–water partition coefficient (Wildman–Crippen LogP) is 1.98. The number of aliphatic hydroxyl groups is 1. The van der Waals surface area contributed by atoms with Gasteiger partial charge in [-0.1, -0.05) is 22.0 Å². The molecule has 0 atom stereocenters. The third-order valence-electron chi connectivity index (χ3n) is 3.34. The molecule has 110 valence electrons. The van der Waals surface area contributed by atoms with Crippen molar-refractivity contribution >= 4 is 21.8 Å². The van der Waals surface area contributed by atoms with Crippen LogP contribution in [0.3, 0.4) is 0 Å². The van der Waals surface area contributed by atoms with Gasteiger partial charge in [0.25, 0.3) is 5.91 Å². The second-order valence-electron chi connectivity index (χ2n) is 5.89. The lowest BCUT2D eigenvalue weighted by Gasteiger charge is -2.37. The molecule has 0 aromatic heterocycles. The van der Waals surface area contributed by atoms with Gasteiger partial charge in [0.05, 0.1) is 5.60 Å². The molecule has 0 saturated carbocycles. The molecule has 1 aliphatic heterocycles. The SMILES string of the molecule is CC(C)(O)CN1CCN(C(=O)c2cccc(Br)c2)CC1.